The monoisotopic (exact) mass is 426 g/mol. The Morgan fingerprint density at radius 1 is 1.36 bits per heavy atom. The number of amides is 1. The maximum absolute atomic E-state index is 13.2. The fourth-order valence-electron chi connectivity index (χ4n) is 3.45. The summed E-state index contributed by atoms with van der Waals surface area (Å²) in [4.78, 5) is 28.3. The highest BCUT2D eigenvalue weighted by Crippen LogP contribution is 2.35. The average Bonchev–Trinajstić information content (AvgIpc) is 3.04. The van der Waals surface area contributed by atoms with Gasteiger partial charge < -0.3 is 5.32 Å². The molecule has 2 atom stereocenters. The van der Waals surface area contributed by atoms with Crippen molar-refractivity contribution in [2.24, 2.45) is 5.92 Å². The summed E-state index contributed by atoms with van der Waals surface area (Å²) in [7, 11) is -3.42. The van der Waals surface area contributed by atoms with Gasteiger partial charge in [-0.15, -0.1) is 0 Å². The van der Waals surface area contributed by atoms with Crippen LogP contribution in [0, 0.1) is 11.0 Å². The molecule has 1 N–H and O–H groups in total. The van der Waals surface area contributed by atoms with Crippen molar-refractivity contribution in [1.82, 2.24) is 14.8 Å². The van der Waals surface area contributed by atoms with E-state index in [2.05, 4.69) is 15.4 Å². The van der Waals surface area contributed by atoms with Crippen molar-refractivity contribution < 1.29 is 22.4 Å². The molecule has 2 heterocycles. The Morgan fingerprint density at radius 2 is 2.14 bits per heavy atom. The lowest BCUT2D eigenvalue weighted by Gasteiger charge is -2.19. The van der Waals surface area contributed by atoms with Crippen LogP contribution in [0.3, 0.4) is 0 Å². The standard InChI is InChI=1S/C17H19FN4O4S2/c18-15-8-19-17(27-15)21-16(24)14(6-10-1-2-11(23)5-10)22-9-13(7-20-22)28(25,26)12-3-4-12/h7-10,12,14H,1-6H2,(H,19,21,24)/t10-,14+/m1/s1. The second-order valence-electron chi connectivity index (χ2n) is 7.26. The lowest BCUT2D eigenvalue weighted by molar-refractivity contribution is -0.121. The Morgan fingerprint density at radius 3 is 2.75 bits per heavy atom. The van der Waals surface area contributed by atoms with Crippen LogP contribution in [-0.2, 0) is 19.4 Å². The van der Waals surface area contributed by atoms with Crippen LogP contribution in [0.25, 0.3) is 0 Å². The second kappa shape index (κ2) is 7.36. The number of thiazole rings is 1. The van der Waals surface area contributed by atoms with Crippen molar-refractivity contribution in [3.8, 4) is 0 Å². The van der Waals surface area contributed by atoms with Crippen molar-refractivity contribution in [2.45, 2.75) is 54.7 Å². The van der Waals surface area contributed by atoms with Crippen LogP contribution in [0.5, 0.6) is 0 Å². The number of anilines is 1. The van der Waals surface area contributed by atoms with Gasteiger partial charge in [0.25, 0.3) is 5.91 Å². The van der Waals surface area contributed by atoms with Gasteiger partial charge in [0.2, 0.25) is 0 Å². The molecule has 0 spiro atoms. The average molecular weight is 426 g/mol. The Kier molecular flexibility index (Phi) is 5.04. The minimum atomic E-state index is -3.42. The SMILES string of the molecule is O=C1CC[C@@H](C[C@@H](C(=O)Nc2ncc(F)s2)n2cc(S(=O)(=O)C3CC3)cn2)C1. The van der Waals surface area contributed by atoms with Crippen LogP contribution in [0.4, 0.5) is 9.52 Å². The molecule has 0 saturated heterocycles. The zero-order valence-electron chi connectivity index (χ0n) is 14.9. The van der Waals surface area contributed by atoms with Gasteiger partial charge in [0, 0.05) is 19.0 Å². The molecule has 28 heavy (non-hydrogen) atoms. The van der Waals surface area contributed by atoms with Crippen LogP contribution in [-0.4, -0.2) is 40.1 Å². The van der Waals surface area contributed by atoms with Crippen LogP contribution < -0.4 is 5.32 Å². The smallest absolute Gasteiger partial charge is 0.251 e. The van der Waals surface area contributed by atoms with Crippen molar-refractivity contribution in [2.75, 3.05) is 5.32 Å². The number of Topliss-reactive ketones (excluding diaryl/α,β-unsaturated/α-hetero) is 1. The fourth-order valence-corrected chi connectivity index (χ4v) is 5.59. The van der Waals surface area contributed by atoms with Gasteiger partial charge in [0.05, 0.1) is 17.6 Å². The maximum atomic E-state index is 13.2. The number of aromatic nitrogens is 3. The van der Waals surface area contributed by atoms with Gasteiger partial charge >= 0.3 is 0 Å². The largest absolute Gasteiger partial charge is 0.300 e. The number of nitrogens with zero attached hydrogens (tertiary/aromatic N) is 3. The van der Waals surface area contributed by atoms with Gasteiger partial charge in [0.1, 0.15) is 16.7 Å². The maximum Gasteiger partial charge on any atom is 0.251 e. The third-order valence-corrected chi connectivity index (χ3v) is 8.02. The third-order valence-electron chi connectivity index (χ3n) is 5.10. The zero-order chi connectivity index (χ0) is 19.9. The zero-order valence-corrected chi connectivity index (χ0v) is 16.5. The Hall–Kier alpha value is -2.14. The molecule has 0 aromatic carbocycles. The third kappa shape index (κ3) is 4.00. The number of carbonyl (C=O) groups is 2. The lowest BCUT2D eigenvalue weighted by Crippen LogP contribution is -2.28. The predicted octanol–water partition coefficient (Wildman–Crippen LogP) is 2.35. The van der Waals surface area contributed by atoms with Crippen LogP contribution in [0.15, 0.2) is 23.5 Å². The van der Waals surface area contributed by atoms with Crippen molar-refractivity contribution in [1.29, 1.82) is 0 Å². The van der Waals surface area contributed by atoms with Gasteiger partial charge in [-0.2, -0.15) is 9.49 Å². The molecule has 4 rings (SSSR count). The number of sulfone groups is 1. The van der Waals surface area contributed by atoms with Crippen molar-refractivity contribution in [3.63, 3.8) is 0 Å². The van der Waals surface area contributed by atoms with E-state index in [1.807, 2.05) is 0 Å². The van der Waals surface area contributed by atoms with Gasteiger partial charge in [0.15, 0.2) is 20.1 Å². The Labute approximate surface area is 165 Å². The number of hydrogen-bond donors (Lipinski definition) is 1. The van der Waals surface area contributed by atoms with E-state index in [1.54, 1.807) is 0 Å². The summed E-state index contributed by atoms with van der Waals surface area (Å²) in [5.74, 6) is -0.292. The molecule has 0 bridgehead atoms. The van der Waals surface area contributed by atoms with E-state index in [0.29, 0.717) is 49.9 Å². The first kappa shape index (κ1) is 19.2. The van der Waals surface area contributed by atoms with E-state index in [-0.39, 0.29) is 27.0 Å². The first-order valence-corrected chi connectivity index (χ1v) is 11.4. The first-order chi connectivity index (χ1) is 13.3. The lowest BCUT2D eigenvalue weighted by atomic mass is 9.98. The number of hydrogen-bond acceptors (Lipinski definition) is 7. The number of nitrogens with one attached hydrogen (secondary N) is 1. The van der Waals surface area contributed by atoms with Crippen molar-refractivity contribution >= 4 is 38.0 Å². The van der Waals surface area contributed by atoms with E-state index >= 15 is 0 Å². The molecule has 150 valence electrons. The summed E-state index contributed by atoms with van der Waals surface area (Å²) >= 11 is 0.704. The predicted molar refractivity (Wildman–Crippen MR) is 99.1 cm³/mol. The number of rotatable bonds is 7. The Balaban J connectivity index is 1.58. The summed E-state index contributed by atoms with van der Waals surface area (Å²) in [5, 5.41) is 5.91. The van der Waals surface area contributed by atoms with E-state index in [0.717, 1.165) is 6.20 Å². The highest BCUT2D eigenvalue weighted by Gasteiger charge is 2.38. The molecule has 0 unspecified atom stereocenters. The second-order valence-corrected chi connectivity index (χ2v) is 10.5. The van der Waals surface area contributed by atoms with Gasteiger partial charge in [-0.3, -0.25) is 14.3 Å². The summed E-state index contributed by atoms with van der Waals surface area (Å²) in [6.07, 6.45) is 6.82. The molecule has 11 heteroatoms. The Bertz CT molecular complexity index is 1010. The minimum absolute atomic E-state index is 0.0176. The number of ketones is 1. The summed E-state index contributed by atoms with van der Waals surface area (Å²) in [6, 6.07) is -0.814. The highest BCUT2D eigenvalue weighted by molar-refractivity contribution is 7.92. The first-order valence-electron chi connectivity index (χ1n) is 9.05. The molecule has 2 fully saturated rings. The van der Waals surface area contributed by atoms with Crippen LogP contribution in [0.1, 0.15) is 44.6 Å². The highest BCUT2D eigenvalue weighted by atomic mass is 32.2. The van der Waals surface area contributed by atoms with E-state index < -0.39 is 26.9 Å². The summed E-state index contributed by atoms with van der Waals surface area (Å²) in [5.41, 5.74) is 0. The quantitative estimate of drug-likeness (QED) is 0.728. The molecule has 8 nitrogen and oxygen atoms in total. The molecular weight excluding hydrogens is 407 g/mol. The minimum Gasteiger partial charge on any atom is -0.300 e. The van der Waals surface area contributed by atoms with Gasteiger partial charge in [-0.1, -0.05) is 11.3 Å². The van der Waals surface area contributed by atoms with E-state index in [4.69, 9.17) is 0 Å². The molecule has 0 radical (unpaired) electrons. The molecule has 2 aromatic heterocycles. The molecule has 0 aliphatic heterocycles. The topological polar surface area (TPSA) is 111 Å². The van der Waals surface area contributed by atoms with Gasteiger partial charge in [-0.25, -0.2) is 13.4 Å². The number of carbonyl (C=O) groups excluding carboxylic acids is 2. The van der Waals surface area contributed by atoms with Gasteiger partial charge in [-0.05, 0) is 31.6 Å². The van der Waals surface area contributed by atoms with Crippen LogP contribution in [0.2, 0.25) is 0 Å². The fraction of sp³-hybridized carbons (Fsp3) is 0.529. The molecule has 2 aromatic rings. The van der Waals surface area contributed by atoms with E-state index in [1.165, 1.54) is 17.1 Å². The van der Waals surface area contributed by atoms with E-state index in [9.17, 15) is 22.4 Å². The molecule has 2 aliphatic carbocycles. The normalized spacial score (nSPS) is 21.0. The molecule has 2 aliphatic rings. The van der Waals surface area contributed by atoms with Crippen molar-refractivity contribution in [3.05, 3.63) is 23.7 Å². The van der Waals surface area contributed by atoms with Crippen LogP contribution >= 0.6 is 11.3 Å². The molecule has 2 saturated carbocycles. The number of halogens is 1. The molecular formula is C17H19FN4O4S2. The summed E-state index contributed by atoms with van der Waals surface area (Å²) < 4.78 is 39.4. The molecule has 1 amide bonds. The summed E-state index contributed by atoms with van der Waals surface area (Å²) in [6.45, 7) is 0.